The molecule has 27 heavy (non-hydrogen) atoms. The van der Waals surface area contributed by atoms with Crippen LogP contribution in [0.3, 0.4) is 0 Å². The Bertz CT molecular complexity index is 974. The number of carbonyl (C=O) groups is 1. The summed E-state index contributed by atoms with van der Waals surface area (Å²) < 4.78 is 1.67. The summed E-state index contributed by atoms with van der Waals surface area (Å²) in [6, 6.07) is 14.1. The first kappa shape index (κ1) is 17.5. The van der Waals surface area contributed by atoms with Crippen LogP contribution in [0.2, 0.25) is 0 Å². The molecule has 0 N–H and O–H groups in total. The fraction of sp³-hybridized carbons (Fsp3) is 0.318. The van der Waals surface area contributed by atoms with Crippen molar-refractivity contribution in [2.45, 2.75) is 32.7 Å². The van der Waals surface area contributed by atoms with Crippen molar-refractivity contribution in [1.82, 2.24) is 19.7 Å². The van der Waals surface area contributed by atoms with Gasteiger partial charge in [-0.05, 0) is 55.5 Å². The van der Waals surface area contributed by atoms with Crippen molar-refractivity contribution in [2.24, 2.45) is 7.05 Å². The minimum Gasteiger partial charge on any atom is -0.332 e. The average molecular weight is 360 g/mol. The maximum Gasteiger partial charge on any atom is 0.254 e. The standard InChI is InChI=1S/C22H24N4O/c1-15-6-4-7-19(16(15)2)20-8-5-13-26(20)22(27)18-11-9-17(10-12-18)21-23-14-25(3)24-21/h4,6-7,9-12,14,20H,5,8,13H2,1-3H3. The predicted molar refractivity (Wildman–Crippen MR) is 105 cm³/mol. The van der Waals surface area contributed by atoms with Crippen LogP contribution in [0.1, 0.15) is 45.9 Å². The second kappa shape index (κ2) is 6.99. The minimum absolute atomic E-state index is 0.0962. The Morgan fingerprint density at radius 3 is 2.59 bits per heavy atom. The maximum atomic E-state index is 13.2. The molecule has 1 unspecified atom stereocenters. The maximum absolute atomic E-state index is 13.2. The first-order valence-electron chi connectivity index (χ1n) is 9.38. The highest BCUT2D eigenvalue weighted by atomic mass is 16.2. The Kier molecular flexibility index (Phi) is 4.52. The molecule has 0 aliphatic carbocycles. The van der Waals surface area contributed by atoms with Crippen LogP contribution in [-0.2, 0) is 7.05 Å². The molecule has 0 saturated carbocycles. The Morgan fingerprint density at radius 1 is 1.11 bits per heavy atom. The number of hydrogen-bond acceptors (Lipinski definition) is 3. The molecule has 2 aromatic carbocycles. The quantitative estimate of drug-likeness (QED) is 0.707. The number of amides is 1. The van der Waals surface area contributed by atoms with Gasteiger partial charge in [0.2, 0.25) is 0 Å². The van der Waals surface area contributed by atoms with E-state index in [2.05, 4.69) is 42.1 Å². The predicted octanol–water partition coefficient (Wildman–Crippen LogP) is 4.08. The highest BCUT2D eigenvalue weighted by Gasteiger charge is 2.31. The molecule has 1 atom stereocenters. The summed E-state index contributed by atoms with van der Waals surface area (Å²) in [5.41, 5.74) is 5.47. The second-order valence-corrected chi connectivity index (χ2v) is 7.26. The number of aryl methyl sites for hydroxylation is 2. The van der Waals surface area contributed by atoms with Gasteiger partial charge in [-0.3, -0.25) is 9.48 Å². The van der Waals surface area contributed by atoms with E-state index in [1.54, 1.807) is 11.0 Å². The van der Waals surface area contributed by atoms with Gasteiger partial charge in [-0.1, -0.05) is 30.3 Å². The van der Waals surface area contributed by atoms with Crippen molar-refractivity contribution in [3.63, 3.8) is 0 Å². The molecule has 1 aliphatic heterocycles. The molecule has 1 saturated heterocycles. The van der Waals surface area contributed by atoms with Gasteiger partial charge in [0.15, 0.2) is 5.82 Å². The van der Waals surface area contributed by atoms with Gasteiger partial charge in [-0.25, -0.2) is 4.98 Å². The van der Waals surface area contributed by atoms with Gasteiger partial charge < -0.3 is 4.90 Å². The third-order valence-electron chi connectivity index (χ3n) is 5.51. The molecule has 138 valence electrons. The molecule has 0 radical (unpaired) electrons. The third kappa shape index (κ3) is 3.25. The van der Waals surface area contributed by atoms with Crippen LogP contribution in [0.5, 0.6) is 0 Å². The molecule has 1 aliphatic rings. The summed E-state index contributed by atoms with van der Waals surface area (Å²) in [6.07, 6.45) is 3.74. The smallest absolute Gasteiger partial charge is 0.254 e. The van der Waals surface area contributed by atoms with Gasteiger partial charge in [0.1, 0.15) is 6.33 Å². The Balaban J connectivity index is 1.59. The van der Waals surface area contributed by atoms with Crippen LogP contribution in [-0.4, -0.2) is 32.1 Å². The van der Waals surface area contributed by atoms with Crippen molar-refractivity contribution in [3.8, 4) is 11.4 Å². The number of carbonyl (C=O) groups excluding carboxylic acids is 1. The molecule has 1 fully saturated rings. The zero-order chi connectivity index (χ0) is 19.0. The van der Waals surface area contributed by atoms with E-state index in [0.29, 0.717) is 11.4 Å². The summed E-state index contributed by atoms with van der Waals surface area (Å²) in [7, 11) is 1.84. The topological polar surface area (TPSA) is 51.0 Å². The lowest BCUT2D eigenvalue weighted by molar-refractivity contribution is 0.0735. The van der Waals surface area contributed by atoms with Crippen molar-refractivity contribution >= 4 is 5.91 Å². The van der Waals surface area contributed by atoms with Crippen LogP contribution in [0, 0.1) is 13.8 Å². The lowest BCUT2D eigenvalue weighted by atomic mass is 9.95. The fourth-order valence-corrected chi connectivity index (χ4v) is 3.87. The lowest BCUT2D eigenvalue weighted by Crippen LogP contribution is -2.31. The number of rotatable bonds is 3. The molecular formula is C22H24N4O. The van der Waals surface area contributed by atoms with Crippen molar-refractivity contribution < 1.29 is 4.79 Å². The van der Waals surface area contributed by atoms with E-state index in [0.717, 1.165) is 24.9 Å². The molecule has 0 bridgehead atoms. The lowest BCUT2D eigenvalue weighted by Gasteiger charge is -2.27. The Labute approximate surface area is 159 Å². The zero-order valence-electron chi connectivity index (χ0n) is 16.0. The van der Waals surface area contributed by atoms with Gasteiger partial charge in [-0.15, -0.1) is 0 Å². The minimum atomic E-state index is 0.0962. The first-order valence-corrected chi connectivity index (χ1v) is 9.38. The summed E-state index contributed by atoms with van der Waals surface area (Å²) in [6.45, 7) is 5.09. The fourth-order valence-electron chi connectivity index (χ4n) is 3.87. The molecule has 1 amide bonds. The summed E-state index contributed by atoms with van der Waals surface area (Å²) in [5, 5.41) is 4.31. The second-order valence-electron chi connectivity index (χ2n) is 7.26. The summed E-state index contributed by atoms with van der Waals surface area (Å²) >= 11 is 0. The van der Waals surface area contributed by atoms with Crippen LogP contribution < -0.4 is 0 Å². The van der Waals surface area contributed by atoms with Gasteiger partial charge in [0, 0.05) is 24.7 Å². The van der Waals surface area contributed by atoms with Crippen LogP contribution in [0.15, 0.2) is 48.8 Å². The van der Waals surface area contributed by atoms with Gasteiger partial charge >= 0.3 is 0 Å². The molecule has 4 rings (SSSR count). The normalized spacial score (nSPS) is 16.7. The van der Waals surface area contributed by atoms with Crippen molar-refractivity contribution in [3.05, 3.63) is 71.0 Å². The van der Waals surface area contributed by atoms with Crippen molar-refractivity contribution in [1.29, 1.82) is 0 Å². The molecule has 3 aromatic rings. The number of aromatic nitrogens is 3. The van der Waals surface area contributed by atoms with Gasteiger partial charge in [-0.2, -0.15) is 5.10 Å². The van der Waals surface area contributed by atoms with E-state index in [1.807, 2.05) is 36.2 Å². The van der Waals surface area contributed by atoms with Crippen molar-refractivity contribution in [2.75, 3.05) is 6.54 Å². The number of benzene rings is 2. The van der Waals surface area contributed by atoms with E-state index < -0.39 is 0 Å². The van der Waals surface area contributed by atoms with E-state index in [9.17, 15) is 4.79 Å². The Hall–Kier alpha value is -2.95. The van der Waals surface area contributed by atoms with Crippen LogP contribution in [0.25, 0.3) is 11.4 Å². The first-order chi connectivity index (χ1) is 13.0. The summed E-state index contributed by atoms with van der Waals surface area (Å²) in [5.74, 6) is 0.768. The number of hydrogen-bond donors (Lipinski definition) is 0. The molecular weight excluding hydrogens is 336 g/mol. The highest BCUT2D eigenvalue weighted by molar-refractivity contribution is 5.95. The monoisotopic (exact) mass is 360 g/mol. The third-order valence-corrected chi connectivity index (χ3v) is 5.51. The number of nitrogens with zero attached hydrogens (tertiary/aromatic N) is 4. The van der Waals surface area contributed by atoms with E-state index in [4.69, 9.17) is 0 Å². The zero-order valence-corrected chi connectivity index (χ0v) is 16.0. The molecule has 2 heterocycles. The van der Waals surface area contributed by atoms with Gasteiger partial charge in [0.25, 0.3) is 5.91 Å². The van der Waals surface area contributed by atoms with E-state index in [1.165, 1.54) is 16.7 Å². The molecule has 5 nitrogen and oxygen atoms in total. The van der Waals surface area contributed by atoms with Crippen LogP contribution >= 0.6 is 0 Å². The molecule has 5 heteroatoms. The molecule has 1 aromatic heterocycles. The van der Waals surface area contributed by atoms with E-state index >= 15 is 0 Å². The molecule has 0 spiro atoms. The van der Waals surface area contributed by atoms with Crippen LogP contribution in [0.4, 0.5) is 0 Å². The highest BCUT2D eigenvalue weighted by Crippen LogP contribution is 2.35. The Morgan fingerprint density at radius 2 is 1.89 bits per heavy atom. The average Bonchev–Trinajstić information content (AvgIpc) is 3.33. The summed E-state index contributed by atoms with van der Waals surface area (Å²) in [4.78, 5) is 19.5. The number of likely N-dealkylation sites (tertiary alicyclic amines) is 1. The largest absolute Gasteiger partial charge is 0.332 e. The SMILES string of the molecule is Cc1cccc(C2CCCN2C(=O)c2ccc(-c3ncn(C)n3)cc2)c1C. The van der Waals surface area contributed by atoms with E-state index in [-0.39, 0.29) is 11.9 Å². The van der Waals surface area contributed by atoms with Gasteiger partial charge in [0.05, 0.1) is 6.04 Å².